The molecule has 0 spiro atoms. The van der Waals surface area contributed by atoms with Gasteiger partial charge in [0.1, 0.15) is 5.75 Å². The van der Waals surface area contributed by atoms with E-state index in [0.717, 1.165) is 0 Å². The molecule has 0 aliphatic rings. The molecule has 0 aliphatic carbocycles. The van der Waals surface area contributed by atoms with Crippen LogP contribution in [-0.2, 0) is 0 Å². The van der Waals surface area contributed by atoms with Gasteiger partial charge in [-0.25, -0.2) is 14.0 Å². The van der Waals surface area contributed by atoms with E-state index in [9.17, 15) is 5.11 Å². The molecule has 19 heavy (non-hydrogen) atoms. The SMILES string of the molecule is CN(C)P(=NOc1ccc(O)cc1)(N(C)C)N(C)C. The highest BCUT2D eigenvalue weighted by molar-refractivity contribution is 7.58. The zero-order valence-corrected chi connectivity index (χ0v) is 13.3. The Morgan fingerprint density at radius 1 is 0.895 bits per heavy atom. The van der Waals surface area contributed by atoms with Crippen molar-refractivity contribution >= 4 is 7.51 Å². The molecule has 0 unspecified atom stereocenters. The van der Waals surface area contributed by atoms with Gasteiger partial charge in [0.15, 0.2) is 5.75 Å². The smallest absolute Gasteiger partial charge is 0.210 e. The van der Waals surface area contributed by atoms with Crippen LogP contribution < -0.4 is 4.84 Å². The minimum Gasteiger partial charge on any atom is -0.508 e. The first-order valence-electron chi connectivity index (χ1n) is 5.91. The molecule has 0 heterocycles. The van der Waals surface area contributed by atoms with Gasteiger partial charge in [0, 0.05) is 0 Å². The standard InChI is InChI=1S/C12H23N4O2P/c1-14(2)19(15(3)4,16(5)6)13-18-12-9-7-11(17)8-10-12/h7-10,17H,1-6H3. The predicted molar refractivity (Wildman–Crippen MR) is 79.1 cm³/mol. The Kier molecular flexibility index (Phi) is 5.38. The van der Waals surface area contributed by atoms with Crippen LogP contribution >= 0.6 is 7.51 Å². The van der Waals surface area contributed by atoms with E-state index in [1.165, 1.54) is 0 Å². The van der Waals surface area contributed by atoms with Crippen molar-refractivity contribution in [2.45, 2.75) is 0 Å². The number of rotatable bonds is 5. The maximum absolute atomic E-state index is 9.25. The maximum atomic E-state index is 9.25. The van der Waals surface area contributed by atoms with Crippen molar-refractivity contribution in [3.05, 3.63) is 24.3 Å². The predicted octanol–water partition coefficient (Wildman–Crippen LogP) is 2.32. The molecule has 1 rings (SSSR count). The van der Waals surface area contributed by atoms with E-state index in [1.54, 1.807) is 24.3 Å². The van der Waals surface area contributed by atoms with Crippen molar-refractivity contribution in [1.82, 2.24) is 14.0 Å². The fraction of sp³-hybridized carbons (Fsp3) is 0.500. The Balaban J connectivity index is 3.11. The highest BCUT2D eigenvalue weighted by atomic mass is 31.2. The van der Waals surface area contributed by atoms with Crippen LogP contribution in [-0.4, -0.2) is 61.4 Å². The molecule has 0 aliphatic heterocycles. The monoisotopic (exact) mass is 286 g/mol. The summed E-state index contributed by atoms with van der Waals surface area (Å²) in [4.78, 5) is 10.0. The van der Waals surface area contributed by atoms with E-state index in [1.807, 2.05) is 42.3 Å². The summed E-state index contributed by atoms with van der Waals surface area (Å²) in [6, 6.07) is 6.53. The van der Waals surface area contributed by atoms with Crippen LogP contribution in [0.25, 0.3) is 0 Å². The molecule has 7 heteroatoms. The molecule has 1 aromatic carbocycles. The zero-order chi connectivity index (χ0) is 14.6. The Hall–Kier alpha value is -1.07. The maximum Gasteiger partial charge on any atom is 0.210 e. The van der Waals surface area contributed by atoms with Gasteiger partial charge in [-0.15, -0.1) is 0 Å². The van der Waals surface area contributed by atoms with E-state index >= 15 is 0 Å². The molecule has 6 nitrogen and oxygen atoms in total. The lowest BCUT2D eigenvalue weighted by Crippen LogP contribution is -2.31. The molecule has 0 saturated carbocycles. The molecule has 0 saturated heterocycles. The molecule has 0 fully saturated rings. The van der Waals surface area contributed by atoms with Crippen LogP contribution in [0.4, 0.5) is 0 Å². The van der Waals surface area contributed by atoms with Gasteiger partial charge in [-0.2, -0.15) is 0 Å². The van der Waals surface area contributed by atoms with Crippen LogP contribution in [0.15, 0.2) is 29.2 Å². The second-order valence-electron chi connectivity index (χ2n) is 4.75. The van der Waals surface area contributed by atoms with Gasteiger partial charge < -0.3 is 9.94 Å². The third kappa shape index (κ3) is 3.48. The van der Waals surface area contributed by atoms with Gasteiger partial charge in [0.25, 0.3) is 0 Å². The first kappa shape index (κ1) is 16.0. The van der Waals surface area contributed by atoms with Crippen LogP contribution in [0.2, 0.25) is 0 Å². The van der Waals surface area contributed by atoms with Crippen molar-refractivity contribution in [1.29, 1.82) is 0 Å². The summed E-state index contributed by atoms with van der Waals surface area (Å²) in [5.74, 6) is 0.814. The number of hydrogen-bond acceptors (Lipinski definition) is 3. The number of phenolic OH excluding ortho intramolecular Hbond substituents is 1. The average Bonchev–Trinajstić information content (AvgIpc) is 2.30. The van der Waals surface area contributed by atoms with Crippen LogP contribution in [0.1, 0.15) is 0 Å². The van der Waals surface area contributed by atoms with Gasteiger partial charge in [-0.1, -0.05) is 4.91 Å². The van der Waals surface area contributed by atoms with Crippen LogP contribution in [0.3, 0.4) is 0 Å². The summed E-state index contributed by atoms with van der Waals surface area (Å²) in [6.07, 6.45) is 0. The van der Waals surface area contributed by atoms with Crippen LogP contribution in [0, 0.1) is 0 Å². The van der Waals surface area contributed by atoms with Gasteiger partial charge >= 0.3 is 0 Å². The van der Waals surface area contributed by atoms with Gasteiger partial charge in [-0.05, 0) is 66.6 Å². The molecule has 1 aromatic rings. The normalized spacial score (nSPS) is 12.3. The summed E-state index contributed by atoms with van der Waals surface area (Å²) in [5.41, 5.74) is 0. The minimum atomic E-state index is -2.05. The highest BCUT2D eigenvalue weighted by Crippen LogP contribution is 2.54. The van der Waals surface area contributed by atoms with Crippen molar-refractivity contribution in [2.75, 3.05) is 42.3 Å². The number of phenols is 1. The summed E-state index contributed by atoms with van der Waals surface area (Å²) in [7, 11) is 9.85. The largest absolute Gasteiger partial charge is 0.508 e. The van der Waals surface area contributed by atoms with Crippen molar-refractivity contribution < 1.29 is 9.94 Å². The fourth-order valence-corrected chi connectivity index (χ4v) is 4.69. The molecule has 0 atom stereocenters. The summed E-state index contributed by atoms with van der Waals surface area (Å²) >= 11 is 0. The Morgan fingerprint density at radius 2 is 1.32 bits per heavy atom. The second kappa shape index (κ2) is 6.39. The molecule has 1 N–H and O–H groups in total. The van der Waals surface area contributed by atoms with Gasteiger partial charge in [0.2, 0.25) is 7.51 Å². The Bertz CT molecular complexity index is 429. The first-order valence-corrected chi connectivity index (χ1v) is 7.51. The lowest BCUT2D eigenvalue weighted by Gasteiger charge is -2.39. The second-order valence-corrected chi connectivity index (χ2v) is 8.38. The fourth-order valence-electron chi connectivity index (χ4n) is 1.90. The first-order chi connectivity index (χ1) is 8.80. The van der Waals surface area contributed by atoms with Gasteiger partial charge in [0.05, 0.1) is 0 Å². The molecule has 0 aromatic heterocycles. The molecule has 0 radical (unpaired) electrons. The third-order valence-electron chi connectivity index (χ3n) is 2.70. The van der Waals surface area contributed by atoms with E-state index in [4.69, 9.17) is 4.84 Å². The van der Waals surface area contributed by atoms with Crippen molar-refractivity contribution in [3.63, 3.8) is 0 Å². The van der Waals surface area contributed by atoms with Crippen LogP contribution in [0.5, 0.6) is 11.5 Å². The topological polar surface area (TPSA) is 51.5 Å². The number of hydrogen-bond donors (Lipinski definition) is 1. The molecule has 0 bridgehead atoms. The zero-order valence-electron chi connectivity index (χ0n) is 12.4. The van der Waals surface area contributed by atoms with Gasteiger partial charge in [-0.3, -0.25) is 0 Å². The van der Waals surface area contributed by atoms with E-state index in [-0.39, 0.29) is 5.75 Å². The number of nitrogens with zero attached hydrogens (tertiary/aromatic N) is 4. The molecular weight excluding hydrogens is 263 g/mol. The third-order valence-corrected chi connectivity index (χ3v) is 6.22. The molecule has 0 amide bonds. The average molecular weight is 286 g/mol. The summed E-state index contributed by atoms with van der Waals surface area (Å²) < 4.78 is 6.19. The Morgan fingerprint density at radius 3 is 1.68 bits per heavy atom. The number of benzene rings is 1. The lowest BCUT2D eigenvalue weighted by molar-refractivity contribution is 0.323. The summed E-state index contributed by atoms with van der Waals surface area (Å²) in [6.45, 7) is 0. The minimum absolute atomic E-state index is 0.209. The quantitative estimate of drug-likeness (QED) is 0.665. The summed E-state index contributed by atoms with van der Waals surface area (Å²) in [5, 5.41) is 9.25. The molecular formula is C12H23N4O2P. The van der Waals surface area contributed by atoms with E-state index in [2.05, 4.69) is 18.9 Å². The van der Waals surface area contributed by atoms with Crippen molar-refractivity contribution in [3.8, 4) is 11.5 Å². The Labute approximate surface area is 115 Å². The molecule has 108 valence electrons. The number of aromatic hydroxyl groups is 1. The van der Waals surface area contributed by atoms with E-state index in [0.29, 0.717) is 5.75 Å². The van der Waals surface area contributed by atoms with Crippen molar-refractivity contribution in [2.24, 2.45) is 4.91 Å². The lowest BCUT2D eigenvalue weighted by atomic mass is 10.3. The van der Waals surface area contributed by atoms with E-state index < -0.39 is 7.51 Å². The highest BCUT2D eigenvalue weighted by Gasteiger charge is 2.29.